The molecule has 0 aliphatic heterocycles. The first kappa shape index (κ1) is 16.9. The Hall–Kier alpha value is -2.11. The first-order valence-electron chi connectivity index (χ1n) is 6.80. The van der Waals surface area contributed by atoms with Gasteiger partial charge in [-0.2, -0.15) is 0 Å². The summed E-state index contributed by atoms with van der Waals surface area (Å²) < 4.78 is 5.17. The van der Waals surface area contributed by atoms with E-state index in [1.807, 2.05) is 19.1 Å². The molecule has 1 N–H and O–H groups in total. The van der Waals surface area contributed by atoms with Crippen LogP contribution in [0.5, 0.6) is 0 Å². The van der Waals surface area contributed by atoms with E-state index in [9.17, 15) is 14.9 Å². The van der Waals surface area contributed by atoms with Gasteiger partial charge in [-0.15, -0.1) is 0 Å². The number of ether oxygens (including phenoxy) is 1. The third kappa shape index (κ3) is 5.41. The number of rotatable bonds is 4. The number of alkyl carbamates (subject to hydrolysis) is 1. The van der Waals surface area contributed by atoms with Gasteiger partial charge in [0.2, 0.25) is 6.04 Å². The summed E-state index contributed by atoms with van der Waals surface area (Å²) in [4.78, 5) is 22.5. The smallest absolute Gasteiger partial charge is 0.408 e. The Balaban J connectivity index is 2.95. The lowest BCUT2D eigenvalue weighted by Gasteiger charge is -2.24. The molecule has 0 bridgehead atoms. The molecule has 0 radical (unpaired) electrons. The molecule has 1 amide bonds. The molecule has 0 saturated heterocycles. The lowest BCUT2D eigenvalue weighted by Crippen LogP contribution is -2.41. The predicted octanol–water partition coefficient (Wildman–Crippen LogP) is 3.23. The minimum Gasteiger partial charge on any atom is -0.444 e. The van der Waals surface area contributed by atoms with Crippen LogP contribution < -0.4 is 5.32 Å². The summed E-state index contributed by atoms with van der Waals surface area (Å²) in [6, 6.07) is 5.56. The fourth-order valence-corrected chi connectivity index (χ4v) is 1.81. The lowest BCUT2D eigenvalue weighted by molar-refractivity contribution is -0.523. The van der Waals surface area contributed by atoms with Crippen LogP contribution in [-0.4, -0.2) is 22.7 Å². The van der Waals surface area contributed by atoms with Crippen molar-refractivity contribution in [1.82, 2.24) is 5.32 Å². The Morgan fingerprint density at radius 2 is 1.81 bits per heavy atom. The molecular formula is C15H22N2O4. The maximum Gasteiger partial charge on any atom is 0.408 e. The summed E-state index contributed by atoms with van der Waals surface area (Å²) in [5, 5.41) is 13.6. The van der Waals surface area contributed by atoms with Crippen LogP contribution in [0.2, 0.25) is 0 Å². The summed E-state index contributed by atoms with van der Waals surface area (Å²) >= 11 is 0. The number of benzene rings is 1. The third-order valence-corrected chi connectivity index (χ3v) is 2.92. The van der Waals surface area contributed by atoms with Gasteiger partial charge in [0, 0.05) is 11.8 Å². The van der Waals surface area contributed by atoms with Crippen molar-refractivity contribution in [2.75, 3.05) is 0 Å². The SMILES string of the molecule is Cc1ccc([C@@H](NC(=O)OC(C)(C)C)[C@@H](C)[N+](=O)[O-])cc1. The predicted molar refractivity (Wildman–Crippen MR) is 79.7 cm³/mol. The largest absolute Gasteiger partial charge is 0.444 e. The molecular weight excluding hydrogens is 272 g/mol. The molecule has 1 aromatic rings. The number of carbonyl (C=O) groups excluding carboxylic acids is 1. The summed E-state index contributed by atoms with van der Waals surface area (Å²) in [5.41, 5.74) is 1.07. The summed E-state index contributed by atoms with van der Waals surface area (Å²) in [6.45, 7) is 8.61. The van der Waals surface area contributed by atoms with Crippen molar-refractivity contribution in [1.29, 1.82) is 0 Å². The summed E-state index contributed by atoms with van der Waals surface area (Å²) in [7, 11) is 0. The number of nitrogens with one attached hydrogen (secondary N) is 1. The average Bonchev–Trinajstić information content (AvgIpc) is 2.34. The fourth-order valence-electron chi connectivity index (χ4n) is 1.81. The van der Waals surface area contributed by atoms with Crippen molar-refractivity contribution in [3.05, 3.63) is 45.5 Å². The summed E-state index contributed by atoms with van der Waals surface area (Å²) in [6.07, 6.45) is -0.665. The van der Waals surface area contributed by atoms with Gasteiger partial charge in [0.05, 0.1) is 0 Å². The highest BCUT2D eigenvalue weighted by Gasteiger charge is 2.31. The second kappa shape index (κ2) is 6.56. The highest BCUT2D eigenvalue weighted by Crippen LogP contribution is 2.20. The highest BCUT2D eigenvalue weighted by molar-refractivity contribution is 5.68. The van der Waals surface area contributed by atoms with E-state index >= 15 is 0 Å². The Morgan fingerprint density at radius 3 is 2.24 bits per heavy atom. The molecule has 0 unspecified atom stereocenters. The second-order valence-corrected chi connectivity index (χ2v) is 6.06. The molecule has 0 aliphatic rings. The van der Waals surface area contributed by atoms with E-state index < -0.39 is 28.7 Å². The van der Waals surface area contributed by atoms with Crippen LogP contribution in [0, 0.1) is 17.0 Å². The molecule has 2 atom stereocenters. The molecule has 0 heterocycles. The van der Waals surface area contributed by atoms with Crippen molar-refractivity contribution < 1.29 is 14.5 Å². The molecule has 0 fully saturated rings. The molecule has 6 nitrogen and oxygen atoms in total. The van der Waals surface area contributed by atoms with Crippen LogP contribution in [0.25, 0.3) is 0 Å². The Morgan fingerprint density at radius 1 is 1.29 bits per heavy atom. The van der Waals surface area contributed by atoms with Crippen molar-refractivity contribution >= 4 is 6.09 Å². The Labute approximate surface area is 124 Å². The van der Waals surface area contributed by atoms with Crippen LogP contribution in [0.4, 0.5) is 4.79 Å². The zero-order valence-electron chi connectivity index (χ0n) is 13.0. The molecule has 116 valence electrons. The third-order valence-electron chi connectivity index (χ3n) is 2.92. The summed E-state index contributed by atoms with van der Waals surface area (Å²) in [5.74, 6) is 0. The quantitative estimate of drug-likeness (QED) is 0.682. The molecule has 0 saturated carbocycles. The van der Waals surface area contributed by atoms with Crippen LogP contribution in [-0.2, 0) is 4.74 Å². The van der Waals surface area contributed by atoms with Crippen molar-refractivity contribution in [3.63, 3.8) is 0 Å². The van der Waals surface area contributed by atoms with Gasteiger partial charge < -0.3 is 10.1 Å². The van der Waals surface area contributed by atoms with Crippen LogP contribution in [0.3, 0.4) is 0 Å². The van der Waals surface area contributed by atoms with E-state index in [-0.39, 0.29) is 0 Å². The van der Waals surface area contributed by atoms with E-state index in [0.29, 0.717) is 5.56 Å². The molecule has 1 aromatic carbocycles. The van der Waals surface area contributed by atoms with E-state index in [4.69, 9.17) is 4.74 Å². The standard InChI is InChI=1S/C15H22N2O4/c1-10-6-8-12(9-7-10)13(11(2)17(19)20)16-14(18)21-15(3,4)5/h6-9,11,13H,1-5H3,(H,16,18)/t11-,13+/m1/s1. The number of hydrogen-bond acceptors (Lipinski definition) is 4. The maximum atomic E-state index is 11.9. The van der Waals surface area contributed by atoms with Crippen molar-refractivity contribution in [3.8, 4) is 0 Å². The van der Waals surface area contributed by atoms with Gasteiger partial charge >= 0.3 is 6.09 Å². The zero-order valence-corrected chi connectivity index (χ0v) is 13.0. The van der Waals surface area contributed by atoms with Gasteiger partial charge in [0.1, 0.15) is 11.6 Å². The number of carbonyl (C=O) groups is 1. The van der Waals surface area contributed by atoms with Gasteiger partial charge in [0.25, 0.3) is 0 Å². The normalized spacial score (nSPS) is 14.1. The molecule has 6 heteroatoms. The monoisotopic (exact) mass is 294 g/mol. The number of nitrogens with zero attached hydrogens (tertiary/aromatic N) is 1. The average molecular weight is 294 g/mol. The molecule has 0 spiro atoms. The Bertz CT molecular complexity index is 505. The zero-order chi connectivity index (χ0) is 16.2. The number of hydrogen-bond donors (Lipinski definition) is 1. The topological polar surface area (TPSA) is 81.5 Å². The van der Waals surface area contributed by atoms with Gasteiger partial charge in [0.15, 0.2) is 0 Å². The number of aryl methyl sites for hydroxylation is 1. The van der Waals surface area contributed by atoms with E-state index in [1.54, 1.807) is 32.9 Å². The van der Waals surface area contributed by atoms with Gasteiger partial charge in [-0.1, -0.05) is 29.8 Å². The van der Waals surface area contributed by atoms with Crippen LogP contribution >= 0.6 is 0 Å². The molecule has 0 aliphatic carbocycles. The lowest BCUT2D eigenvalue weighted by atomic mass is 10.00. The second-order valence-electron chi connectivity index (χ2n) is 6.06. The minimum absolute atomic E-state index is 0.415. The van der Waals surface area contributed by atoms with Gasteiger partial charge in [-0.05, 0) is 33.3 Å². The van der Waals surface area contributed by atoms with Gasteiger partial charge in [-0.25, -0.2) is 4.79 Å². The number of nitro groups is 1. The molecule has 21 heavy (non-hydrogen) atoms. The first-order valence-corrected chi connectivity index (χ1v) is 6.80. The van der Waals surface area contributed by atoms with E-state index in [1.165, 1.54) is 6.92 Å². The van der Waals surface area contributed by atoms with Crippen LogP contribution in [0.1, 0.15) is 44.9 Å². The Kier molecular flexibility index (Phi) is 5.29. The highest BCUT2D eigenvalue weighted by atomic mass is 16.6. The van der Waals surface area contributed by atoms with E-state index in [0.717, 1.165) is 5.56 Å². The van der Waals surface area contributed by atoms with E-state index in [2.05, 4.69) is 5.32 Å². The molecule has 1 rings (SSSR count). The fraction of sp³-hybridized carbons (Fsp3) is 0.533. The molecule has 0 aromatic heterocycles. The van der Waals surface area contributed by atoms with Crippen molar-refractivity contribution in [2.45, 2.75) is 52.3 Å². The minimum atomic E-state index is -0.958. The van der Waals surface area contributed by atoms with Crippen LogP contribution in [0.15, 0.2) is 24.3 Å². The van der Waals surface area contributed by atoms with Gasteiger partial charge in [-0.3, -0.25) is 10.1 Å². The maximum absolute atomic E-state index is 11.9. The van der Waals surface area contributed by atoms with Crippen molar-refractivity contribution in [2.24, 2.45) is 0 Å². The first-order chi connectivity index (χ1) is 9.60. The number of amides is 1.